The molecule has 5 heteroatoms. The summed E-state index contributed by atoms with van der Waals surface area (Å²) in [5, 5.41) is 3.77. The fourth-order valence-electron chi connectivity index (χ4n) is 1.33. The van der Waals surface area contributed by atoms with Crippen molar-refractivity contribution in [1.82, 2.24) is 5.16 Å². The second-order valence-corrected chi connectivity index (χ2v) is 4.71. The molecule has 1 aliphatic rings. The predicted molar refractivity (Wildman–Crippen MR) is 53.3 cm³/mol. The highest BCUT2D eigenvalue weighted by molar-refractivity contribution is 9.10. The van der Waals surface area contributed by atoms with Crippen LogP contribution in [0.4, 0.5) is 5.69 Å². The van der Waals surface area contributed by atoms with Crippen molar-refractivity contribution in [2.45, 2.75) is 12.3 Å². The van der Waals surface area contributed by atoms with Crippen molar-refractivity contribution in [3.05, 3.63) is 10.4 Å². The molecule has 66 valence electrons. The van der Waals surface area contributed by atoms with Crippen LogP contribution in [-0.2, 0) is 0 Å². The highest BCUT2D eigenvalue weighted by Crippen LogP contribution is 2.37. The van der Waals surface area contributed by atoms with E-state index in [9.17, 15) is 0 Å². The zero-order valence-corrected chi connectivity index (χ0v) is 8.82. The van der Waals surface area contributed by atoms with Gasteiger partial charge in [0, 0.05) is 11.7 Å². The molecular formula is C7H9BrN2OS. The molecule has 1 saturated heterocycles. The second-order valence-electron chi connectivity index (χ2n) is 2.81. The molecule has 2 heterocycles. The van der Waals surface area contributed by atoms with Crippen LogP contribution in [0.2, 0.25) is 0 Å². The van der Waals surface area contributed by atoms with Gasteiger partial charge in [0.25, 0.3) is 0 Å². The summed E-state index contributed by atoms with van der Waals surface area (Å²) >= 11 is 5.16. The lowest BCUT2D eigenvalue weighted by atomic mass is 10.1. The highest BCUT2D eigenvalue weighted by Gasteiger charge is 2.25. The Morgan fingerprint density at radius 1 is 1.67 bits per heavy atom. The summed E-state index contributed by atoms with van der Waals surface area (Å²) < 4.78 is 5.78. The van der Waals surface area contributed by atoms with Gasteiger partial charge in [-0.15, -0.1) is 0 Å². The lowest BCUT2D eigenvalue weighted by Gasteiger charge is -2.02. The first-order chi connectivity index (χ1) is 5.79. The van der Waals surface area contributed by atoms with Crippen molar-refractivity contribution in [3.63, 3.8) is 0 Å². The molecule has 0 amide bonds. The molecule has 3 nitrogen and oxygen atoms in total. The topological polar surface area (TPSA) is 52.0 Å². The molecule has 1 aliphatic heterocycles. The van der Waals surface area contributed by atoms with Crippen molar-refractivity contribution < 1.29 is 4.52 Å². The van der Waals surface area contributed by atoms with Crippen LogP contribution in [0.15, 0.2) is 9.13 Å². The quantitative estimate of drug-likeness (QED) is 0.829. The van der Waals surface area contributed by atoms with E-state index in [1.54, 1.807) is 0 Å². The van der Waals surface area contributed by atoms with Gasteiger partial charge in [-0.05, 0) is 28.1 Å². The molecule has 2 rings (SSSR count). The van der Waals surface area contributed by atoms with Gasteiger partial charge < -0.3 is 10.3 Å². The van der Waals surface area contributed by atoms with Crippen molar-refractivity contribution in [2.75, 3.05) is 17.2 Å². The number of rotatable bonds is 1. The number of nitrogens with two attached hydrogens (primary N) is 1. The molecule has 0 aliphatic carbocycles. The van der Waals surface area contributed by atoms with E-state index >= 15 is 0 Å². The Balaban J connectivity index is 2.26. The minimum Gasteiger partial charge on any atom is -0.394 e. The third kappa shape index (κ3) is 1.35. The van der Waals surface area contributed by atoms with E-state index in [1.165, 1.54) is 5.75 Å². The zero-order chi connectivity index (χ0) is 8.55. The predicted octanol–water partition coefficient (Wildman–Crippen LogP) is 2.24. The minimum atomic E-state index is 0.466. The molecule has 1 unspecified atom stereocenters. The van der Waals surface area contributed by atoms with Gasteiger partial charge in [0.2, 0.25) is 0 Å². The van der Waals surface area contributed by atoms with Crippen LogP contribution in [0.3, 0.4) is 0 Å². The average Bonchev–Trinajstić information content (AvgIpc) is 2.64. The minimum absolute atomic E-state index is 0.466. The van der Waals surface area contributed by atoms with Crippen LogP contribution in [0.25, 0.3) is 0 Å². The summed E-state index contributed by atoms with van der Waals surface area (Å²) in [7, 11) is 0. The second kappa shape index (κ2) is 3.30. The molecule has 1 atom stereocenters. The number of hydrogen-bond donors (Lipinski definition) is 1. The highest BCUT2D eigenvalue weighted by atomic mass is 79.9. The average molecular weight is 249 g/mol. The van der Waals surface area contributed by atoms with E-state index in [2.05, 4.69) is 21.1 Å². The molecule has 0 radical (unpaired) electrons. The SMILES string of the molecule is Nc1c(Br)noc1C1CCSC1. The summed E-state index contributed by atoms with van der Waals surface area (Å²) in [6.07, 6.45) is 1.15. The maximum atomic E-state index is 5.77. The summed E-state index contributed by atoms with van der Waals surface area (Å²) in [6, 6.07) is 0. The number of nitrogen functional groups attached to an aromatic ring is 1. The number of nitrogens with zero attached hydrogens (tertiary/aromatic N) is 1. The van der Waals surface area contributed by atoms with Crippen molar-refractivity contribution >= 4 is 33.4 Å². The van der Waals surface area contributed by atoms with Gasteiger partial charge in [-0.25, -0.2) is 0 Å². The largest absolute Gasteiger partial charge is 0.394 e. The Labute approximate surface area is 83.2 Å². The Morgan fingerprint density at radius 3 is 3.00 bits per heavy atom. The monoisotopic (exact) mass is 248 g/mol. The van der Waals surface area contributed by atoms with Crippen molar-refractivity contribution in [1.29, 1.82) is 0 Å². The lowest BCUT2D eigenvalue weighted by Crippen LogP contribution is -1.98. The van der Waals surface area contributed by atoms with Crippen LogP contribution in [-0.4, -0.2) is 16.7 Å². The van der Waals surface area contributed by atoms with Gasteiger partial charge in [-0.2, -0.15) is 11.8 Å². The standard InChI is InChI=1S/C7H9BrN2OS/c8-7-5(9)6(11-10-7)4-1-2-12-3-4/h4H,1-3,9H2. The number of aromatic nitrogens is 1. The molecule has 0 aromatic carbocycles. The van der Waals surface area contributed by atoms with Crippen LogP contribution in [0.5, 0.6) is 0 Å². The molecular weight excluding hydrogens is 240 g/mol. The first-order valence-electron chi connectivity index (χ1n) is 3.77. The van der Waals surface area contributed by atoms with Crippen LogP contribution < -0.4 is 5.73 Å². The fraction of sp³-hybridized carbons (Fsp3) is 0.571. The molecule has 0 bridgehead atoms. The fourth-order valence-corrected chi connectivity index (χ4v) is 2.81. The first kappa shape index (κ1) is 8.44. The molecule has 0 saturated carbocycles. The Kier molecular flexibility index (Phi) is 2.32. The van der Waals surface area contributed by atoms with Gasteiger partial charge in [0.1, 0.15) is 5.69 Å². The van der Waals surface area contributed by atoms with Crippen LogP contribution >= 0.6 is 27.7 Å². The van der Waals surface area contributed by atoms with Gasteiger partial charge in [0.05, 0.1) is 0 Å². The third-order valence-corrected chi connectivity index (χ3v) is 3.75. The molecule has 1 aromatic heterocycles. The van der Waals surface area contributed by atoms with Crippen molar-refractivity contribution in [2.24, 2.45) is 0 Å². The summed E-state index contributed by atoms with van der Waals surface area (Å²) in [5.74, 6) is 3.62. The van der Waals surface area contributed by atoms with E-state index in [1.807, 2.05) is 11.8 Å². The van der Waals surface area contributed by atoms with Gasteiger partial charge >= 0.3 is 0 Å². The molecule has 1 fully saturated rings. The van der Waals surface area contributed by atoms with E-state index in [4.69, 9.17) is 10.3 Å². The summed E-state index contributed by atoms with van der Waals surface area (Å²) in [4.78, 5) is 0. The van der Waals surface area contributed by atoms with E-state index in [0.29, 0.717) is 16.2 Å². The molecule has 0 spiro atoms. The van der Waals surface area contributed by atoms with Gasteiger partial charge in [0.15, 0.2) is 10.4 Å². The Morgan fingerprint density at radius 2 is 2.50 bits per heavy atom. The summed E-state index contributed by atoms with van der Waals surface area (Å²) in [6.45, 7) is 0. The van der Waals surface area contributed by atoms with E-state index < -0.39 is 0 Å². The first-order valence-corrected chi connectivity index (χ1v) is 5.72. The normalized spacial score (nSPS) is 23.2. The zero-order valence-electron chi connectivity index (χ0n) is 6.42. The maximum absolute atomic E-state index is 5.77. The lowest BCUT2D eigenvalue weighted by molar-refractivity contribution is 0.365. The van der Waals surface area contributed by atoms with Crippen molar-refractivity contribution in [3.8, 4) is 0 Å². The van der Waals surface area contributed by atoms with Crippen LogP contribution in [0.1, 0.15) is 18.1 Å². The van der Waals surface area contributed by atoms with E-state index in [0.717, 1.165) is 17.9 Å². The number of thioether (sulfide) groups is 1. The molecule has 1 aromatic rings. The Bertz CT molecular complexity index is 283. The smallest absolute Gasteiger partial charge is 0.172 e. The molecule has 2 N–H and O–H groups in total. The van der Waals surface area contributed by atoms with Gasteiger partial charge in [-0.3, -0.25) is 0 Å². The summed E-state index contributed by atoms with van der Waals surface area (Å²) in [5.41, 5.74) is 6.44. The third-order valence-electron chi connectivity index (χ3n) is 2.01. The maximum Gasteiger partial charge on any atom is 0.172 e. The number of anilines is 1. The van der Waals surface area contributed by atoms with Crippen LogP contribution in [0, 0.1) is 0 Å². The molecule has 12 heavy (non-hydrogen) atoms. The number of halogens is 1. The van der Waals surface area contributed by atoms with E-state index in [-0.39, 0.29) is 0 Å². The van der Waals surface area contributed by atoms with Gasteiger partial charge in [-0.1, -0.05) is 5.16 Å². The Hall–Kier alpha value is -0.160. The number of hydrogen-bond acceptors (Lipinski definition) is 4.